The highest BCUT2D eigenvalue weighted by atomic mass is 79.9. The first-order chi connectivity index (χ1) is 9.57. The molecule has 1 aromatic carbocycles. The lowest BCUT2D eigenvalue weighted by molar-refractivity contribution is 0.579. The number of halogens is 1. The van der Waals surface area contributed by atoms with Gasteiger partial charge in [-0.15, -0.1) is 0 Å². The molecule has 0 amide bonds. The van der Waals surface area contributed by atoms with Crippen molar-refractivity contribution in [3.05, 3.63) is 28.2 Å². The Morgan fingerprint density at radius 2 is 1.86 bits per heavy atom. The molecule has 0 bridgehead atoms. The topological polar surface area (TPSA) is 83.6 Å². The van der Waals surface area contributed by atoms with Gasteiger partial charge < -0.3 is 0 Å². The maximum Gasteiger partial charge on any atom is 0.232 e. The molecular weight excluding hydrogens is 380 g/mol. The number of nitrogens with one attached hydrogen (secondary N) is 1. The molecule has 0 aromatic heterocycles. The predicted molar refractivity (Wildman–Crippen MR) is 88.5 cm³/mol. The molecule has 6 nitrogen and oxygen atoms in total. The van der Waals surface area contributed by atoms with E-state index in [4.69, 9.17) is 0 Å². The van der Waals surface area contributed by atoms with Gasteiger partial charge in [0, 0.05) is 17.6 Å². The molecular formula is C12H19BrN2O4S2. The Hall–Kier alpha value is -0.640. The molecule has 1 N–H and O–H groups in total. The van der Waals surface area contributed by atoms with E-state index < -0.39 is 20.0 Å². The van der Waals surface area contributed by atoms with Crippen LogP contribution in [0.15, 0.2) is 22.7 Å². The Kier molecular flexibility index (Phi) is 6.21. The molecule has 0 radical (unpaired) electrons. The Morgan fingerprint density at radius 3 is 2.33 bits per heavy atom. The molecule has 0 saturated heterocycles. The second-order valence-electron chi connectivity index (χ2n) is 4.57. The number of hydrogen-bond donors (Lipinski definition) is 1. The van der Waals surface area contributed by atoms with Gasteiger partial charge in [0.15, 0.2) is 0 Å². The molecule has 9 heteroatoms. The Bertz CT molecular complexity index is 702. The van der Waals surface area contributed by atoms with Crippen molar-refractivity contribution < 1.29 is 16.8 Å². The zero-order valence-corrected chi connectivity index (χ0v) is 15.3. The van der Waals surface area contributed by atoms with Gasteiger partial charge in [-0.3, -0.25) is 4.31 Å². The van der Waals surface area contributed by atoms with Gasteiger partial charge in [0.1, 0.15) is 0 Å². The smallest absolute Gasteiger partial charge is 0.232 e. The van der Waals surface area contributed by atoms with Crippen molar-refractivity contribution in [1.82, 2.24) is 4.72 Å². The minimum absolute atomic E-state index is 0.0261. The lowest BCUT2D eigenvalue weighted by Crippen LogP contribution is -2.38. The van der Waals surface area contributed by atoms with Gasteiger partial charge in [-0.25, -0.2) is 21.6 Å². The van der Waals surface area contributed by atoms with Crippen LogP contribution in [0.4, 0.5) is 5.69 Å². The summed E-state index contributed by atoms with van der Waals surface area (Å²) in [5.41, 5.74) is 1.41. The van der Waals surface area contributed by atoms with Crippen LogP contribution in [0.5, 0.6) is 0 Å². The van der Waals surface area contributed by atoms with Crippen LogP contribution in [-0.2, 0) is 20.0 Å². The summed E-state index contributed by atoms with van der Waals surface area (Å²) in [5.74, 6) is -0.0384. The Balaban J connectivity index is 2.95. The van der Waals surface area contributed by atoms with E-state index in [0.29, 0.717) is 5.69 Å². The van der Waals surface area contributed by atoms with Gasteiger partial charge in [0.2, 0.25) is 20.0 Å². The molecule has 0 atom stereocenters. The fourth-order valence-corrected chi connectivity index (χ4v) is 3.45. The average Bonchev–Trinajstić information content (AvgIpc) is 2.37. The normalized spacial score (nSPS) is 12.4. The Morgan fingerprint density at radius 1 is 1.24 bits per heavy atom. The van der Waals surface area contributed by atoms with E-state index in [9.17, 15) is 16.8 Å². The summed E-state index contributed by atoms with van der Waals surface area (Å²) in [6.45, 7) is 3.44. The number of benzene rings is 1. The van der Waals surface area contributed by atoms with Crippen LogP contribution in [0.2, 0.25) is 0 Å². The number of aryl methyl sites for hydroxylation is 1. The summed E-state index contributed by atoms with van der Waals surface area (Å²) >= 11 is 3.36. The Labute approximate surface area is 134 Å². The van der Waals surface area contributed by atoms with Crippen molar-refractivity contribution in [1.29, 1.82) is 0 Å². The molecule has 0 saturated carbocycles. The van der Waals surface area contributed by atoms with E-state index in [1.165, 1.54) is 11.2 Å². The van der Waals surface area contributed by atoms with Crippen molar-refractivity contribution >= 4 is 41.7 Å². The highest BCUT2D eigenvalue weighted by molar-refractivity contribution is 9.10. The summed E-state index contributed by atoms with van der Waals surface area (Å²) < 4.78 is 51.0. The van der Waals surface area contributed by atoms with E-state index in [2.05, 4.69) is 20.7 Å². The first-order valence-corrected chi connectivity index (χ1v) is 10.6. The van der Waals surface area contributed by atoms with Gasteiger partial charge in [0.05, 0.1) is 17.7 Å². The lowest BCUT2D eigenvalue weighted by Gasteiger charge is -2.23. The third kappa shape index (κ3) is 5.57. The monoisotopic (exact) mass is 398 g/mol. The van der Waals surface area contributed by atoms with Crippen LogP contribution in [0.1, 0.15) is 12.5 Å². The third-order valence-electron chi connectivity index (χ3n) is 2.85. The number of sulfonamides is 2. The summed E-state index contributed by atoms with van der Waals surface area (Å²) in [5, 5.41) is 0. The molecule has 0 heterocycles. The van der Waals surface area contributed by atoms with Crippen molar-refractivity contribution in [3.63, 3.8) is 0 Å². The van der Waals surface area contributed by atoms with Crippen LogP contribution < -0.4 is 9.03 Å². The number of rotatable bonds is 7. The van der Waals surface area contributed by atoms with Crippen LogP contribution in [-0.4, -0.2) is 41.9 Å². The zero-order valence-electron chi connectivity index (χ0n) is 12.1. The van der Waals surface area contributed by atoms with E-state index in [1.54, 1.807) is 18.2 Å². The molecule has 21 heavy (non-hydrogen) atoms. The maximum absolute atomic E-state index is 11.9. The van der Waals surface area contributed by atoms with Gasteiger partial charge >= 0.3 is 0 Å². The second-order valence-corrected chi connectivity index (χ2v) is 9.42. The van der Waals surface area contributed by atoms with Crippen molar-refractivity contribution in [2.75, 3.05) is 29.4 Å². The molecule has 0 aliphatic carbocycles. The van der Waals surface area contributed by atoms with Crippen molar-refractivity contribution in [2.45, 2.75) is 13.8 Å². The summed E-state index contributed by atoms with van der Waals surface area (Å²) in [7, 11) is -6.83. The molecule has 0 unspecified atom stereocenters. The third-order valence-corrected chi connectivity index (χ3v) is 6.33. The standard InChI is InChI=1S/C12H19BrN2O4S2/c1-4-21(18,19)14-7-8-15(20(3,16)17)11-5-6-12(13)10(2)9-11/h5-6,9,14H,4,7-8H2,1-3H3. The first-order valence-electron chi connectivity index (χ1n) is 6.28. The van der Waals surface area contributed by atoms with Crippen LogP contribution in [0.25, 0.3) is 0 Å². The van der Waals surface area contributed by atoms with Gasteiger partial charge in [-0.2, -0.15) is 0 Å². The second kappa shape index (κ2) is 7.08. The van der Waals surface area contributed by atoms with E-state index in [-0.39, 0.29) is 18.8 Å². The van der Waals surface area contributed by atoms with Gasteiger partial charge in [0.25, 0.3) is 0 Å². The molecule has 0 aliphatic rings. The maximum atomic E-state index is 11.9. The molecule has 1 rings (SSSR count). The predicted octanol–water partition coefficient (Wildman–Crippen LogP) is 1.46. The number of hydrogen-bond acceptors (Lipinski definition) is 4. The molecule has 0 fully saturated rings. The highest BCUT2D eigenvalue weighted by Crippen LogP contribution is 2.24. The summed E-state index contributed by atoms with van der Waals surface area (Å²) in [6.07, 6.45) is 1.10. The van der Waals surface area contributed by atoms with E-state index >= 15 is 0 Å². The van der Waals surface area contributed by atoms with Crippen LogP contribution in [0, 0.1) is 6.92 Å². The SMILES string of the molecule is CCS(=O)(=O)NCCN(c1ccc(Br)c(C)c1)S(C)(=O)=O. The molecule has 0 spiro atoms. The minimum atomic E-state index is -3.49. The first kappa shape index (κ1) is 18.4. The van der Waals surface area contributed by atoms with Gasteiger partial charge in [-0.05, 0) is 37.6 Å². The van der Waals surface area contributed by atoms with Crippen LogP contribution >= 0.6 is 15.9 Å². The minimum Gasteiger partial charge on any atom is -0.269 e. The van der Waals surface area contributed by atoms with Gasteiger partial charge in [-0.1, -0.05) is 15.9 Å². The quantitative estimate of drug-likeness (QED) is 0.753. The van der Waals surface area contributed by atoms with Crippen LogP contribution in [0.3, 0.4) is 0 Å². The summed E-state index contributed by atoms with van der Waals surface area (Å²) in [6, 6.07) is 5.17. The average molecular weight is 399 g/mol. The van der Waals surface area contributed by atoms with E-state index in [0.717, 1.165) is 16.3 Å². The van der Waals surface area contributed by atoms with E-state index in [1.807, 2.05) is 6.92 Å². The van der Waals surface area contributed by atoms with Crippen molar-refractivity contribution in [2.24, 2.45) is 0 Å². The number of anilines is 1. The fraction of sp³-hybridized carbons (Fsp3) is 0.500. The highest BCUT2D eigenvalue weighted by Gasteiger charge is 2.18. The summed E-state index contributed by atoms with van der Waals surface area (Å²) in [4.78, 5) is 0. The molecule has 1 aromatic rings. The zero-order chi connectivity index (χ0) is 16.3. The fourth-order valence-electron chi connectivity index (χ4n) is 1.68. The lowest BCUT2D eigenvalue weighted by atomic mass is 10.2. The molecule has 120 valence electrons. The largest absolute Gasteiger partial charge is 0.269 e. The number of nitrogens with zero attached hydrogens (tertiary/aromatic N) is 1. The molecule has 0 aliphatic heterocycles. The van der Waals surface area contributed by atoms with Crippen molar-refractivity contribution in [3.8, 4) is 0 Å².